The lowest BCUT2D eigenvalue weighted by atomic mass is 10.2. The van der Waals surface area contributed by atoms with Crippen molar-refractivity contribution in [3.8, 4) is 0 Å². The quantitative estimate of drug-likeness (QED) is 0.766. The molecule has 2 rings (SSSR count). The first-order valence-electron chi connectivity index (χ1n) is 5.77. The van der Waals surface area contributed by atoms with Gasteiger partial charge in [0, 0.05) is 26.4 Å². The van der Waals surface area contributed by atoms with Crippen LogP contribution in [-0.2, 0) is 4.74 Å². The van der Waals surface area contributed by atoms with Crippen LogP contribution in [0.1, 0.15) is 6.92 Å². The second-order valence-corrected chi connectivity index (χ2v) is 3.98. The monoisotopic (exact) mass is 221 g/mol. The van der Waals surface area contributed by atoms with Crippen LogP contribution >= 0.6 is 0 Å². The highest BCUT2D eigenvalue weighted by molar-refractivity contribution is 5.44. The molecule has 4 nitrogen and oxygen atoms in total. The second-order valence-electron chi connectivity index (χ2n) is 3.98. The third kappa shape index (κ3) is 2.33. The normalized spacial score (nSPS) is 22.4. The van der Waals surface area contributed by atoms with Crippen LogP contribution in [-0.4, -0.2) is 49.4 Å². The van der Waals surface area contributed by atoms with E-state index in [-0.39, 0.29) is 6.23 Å². The molecule has 4 heteroatoms. The summed E-state index contributed by atoms with van der Waals surface area (Å²) in [7, 11) is 1.78. The summed E-state index contributed by atoms with van der Waals surface area (Å²) in [5, 5.41) is 0. The van der Waals surface area contributed by atoms with Gasteiger partial charge in [-0.2, -0.15) is 0 Å². The number of hydrogen-bond acceptors (Lipinski definition) is 4. The molecule has 2 heterocycles. The zero-order chi connectivity index (χ0) is 11.4. The molecular formula is C12H19N3O. The molecule has 0 N–H and O–H groups in total. The van der Waals surface area contributed by atoms with Crippen LogP contribution < -0.4 is 4.90 Å². The van der Waals surface area contributed by atoms with Gasteiger partial charge in [-0.3, -0.25) is 9.88 Å². The second kappa shape index (κ2) is 5.27. The summed E-state index contributed by atoms with van der Waals surface area (Å²) in [4.78, 5) is 8.83. The molecule has 0 aromatic carbocycles. The van der Waals surface area contributed by atoms with Crippen molar-refractivity contribution in [1.82, 2.24) is 9.88 Å². The Hall–Kier alpha value is -1.13. The van der Waals surface area contributed by atoms with Gasteiger partial charge in [0.25, 0.3) is 0 Å². The van der Waals surface area contributed by atoms with Crippen molar-refractivity contribution in [2.45, 2.75) is 13.2 Å². The maximum absolute atomic E-state index is 5.51. The fourth-order valence-corrected chi connectivity index (χ4v) is 2.15. The van der Waals surface area contributed by atoms with Crippen LogP contribution in [0.4, 0.5) is 5.69 Å². The van der Waals surface area contributed by atoms with E-state index < -0.39 is 0 Å². The Labute approximate surface area is 96.8 Å². The first-order valence-corrected chi connectivity index (χ1v) is 5.77. The van der Waals surface area contributed by atoms with E-state index in [9.17, 15) is 0 Å². The van der Waals surface area contributed by atoms with Crippen molar-refractivity contribution in [1.29, 1.82) is 0 Å². The van der Waals surface area contributed by atoms with Gasteiger partial charge in [0.2, 0.25) is 0 Å². The Balaban J connectivity index is 2.05. The number of rotatable bonds is 3. The number of pyridine rings is 1. The highest BCUT2D eigenvalue weighted by Gasteiger charge is 2.25. The third-order valence-corrected chi connectivity index (χ3v) is 3.13. The highest BCUT2D eigenvalue weighted by atomic mass is 16.5. The molecule has 0 bridgehead atoms. The van der Waals surface area contributed by atoms with Gasteiger partial charge in [-0.15, -0.1) is 0 Å². The number of aromatic nitrogens is 1. The van der Waals surface area contributed by atoms with Crippen molar-refractivity contribution in [3.63, 3.8) is 0 Å². The minimum atomic E-state index is 0.193. The van der Waals surface area contributed by atoms with Crippen molar-refractivity contribution in [2.75, 3.05) is 38.2 Å². The SMILES string of the molecule is CCN1CCN(c2cccnc2)CC1OC. The van der Waals surface area contributed by atoms with Crippen molar-refractivity contribution in [3.05, 3.63) is 24.5 Å². The van der Waals surface area contributed by atoms with Gasteiger partial charge in [-0.1, -0.05) is 6.92 Å². The molecule has 1 aliphatic rings. The molecule has 88 valence electrons. The van der Waals surface area contributed by atoms with Crippen molar-refractivity contribution in [2.24, 2.45) is 0 Å². The molecule has 1 fully saturated rings. The van der Waals surface area contributed by atoms with E-state index in [1.807, 2.05) is 12.3 Å². The van der Waals surface area contributed by atoms with Crippen LogP contribution in [0.25, 0.3) is 0 Å². The van der Waals surface area contributed by atoms with E-state index in [2.05, 4.69) is 27.8 Å². The number of likely N-dealkylation sites (N-methyl/N-ethyl adjacent to an activating group) is 1. The summed E-state index contributed by atoms with van der Waals surface area (Å²) in [6, 6.07) is 4.07. The Morgan fingerprint density at radius 3 is 3.00 bits per heavy atom. The summed E-state index contributed by atoms with van der Waals surface area (Å²) in [6.07, 6.45) is 3.91. The first-order chi connectivity index (χ1) is 7.85. The highest BCUT2D eigenvalue weighted by Crippen LogP contribution is 2.17. The molecule has 16 heavy (non-hydrogen) atoms. The molecule has 1 aromatic heterocycles. The van der Waals surface area contributed by atoms with Crippen LogP contribution in [0.2, 0.25) is 0 Å². The molecular weight excluding hydrogens is 202 g/mol. The standard InChI is InChI=1S/C12H19N3O/c1-3-14-7-8-15(10-12(14)16-2)11-5-4-6-13-9-11/h4-6,9,12H,3,7-8,10H2,1-2H3. The summed E-state index contributed by atoms with van der Waals surface area (Å²) in [6.45, 7) is 6.21. The molecule has 1 aromatic rings. The minimum Gasteiger partial charge on any atom is -0.365 e. The molecule has 0 spiro atoms. The summed E-state index contributed by atoms with van der Waals surface area (Å²) < 4.78 is 5.51. The third-order valence-electron chi connectivity index (χ3n) is 3.13. The molecule has 1 atom stereocenters. The Morgan fingerprint density at radius 1 is 1.50 bits per heavy atom. The summed E-state index contributed by atoms with van der Waals surface area (Å²) >= 11 is 0. The minimum absolute atomic E-state index is 0.193. The van der Waals surface area contributed by atoms with Gasteiger partial charge in [0.1, 0.15) is 6.23 Å². The zero-order valence-corrected chi connectivity index (χ0v) is 9.97. The Kier molecular flexibility index (Phi) is 3.74. The lowest BCUT2D eigenvalue weighted by molar-refractivity contribution is -0.0346. The molecule has 0 aliphatic carbocycles. The zero-order valence-electron chi connectivity index (χ0n) is 9.97. The maximum atomic E-state index is 5.51. The topological polar surface area (TPSA) is 28.6 Å². The summed E-state index contributed by atoms with van der Waals surface area (Å²) in [5.74, 6) is 0. The number of piperazine rings is 1. The van der Waals surface area contributed by atoms with Gasteiger partial charge in [-0.05, 0) is 18.7 Å². The van der Waals surface area contributed by atoms with E-state index in [1.54, 1.807) is 13.3 Å². The summed E-state index contributed by atoms with van der Waals surface area (Å²) in [5.41, 5.74) is 1.18. The predicted octanol–water partition coefficient (Wildman–Crippen LogP) is 1.20. The van der Waals surface area contributed by atoms with Gasteiger partial charge in [-0.25, -0.2) is 0 Å². The number of hydrogen-bond donors (Lipinski definition) is 0. The number of anilines is 1. The average molecular weight is 221 g/mol. The van der Waals surface area contributed by atoms with Crippen LogP contribution in [0.15, 0.2) is 24.5 Å². The Morgan fingerprint density at radius 2 is 2.38 bits per heavy atom. The molecule has 1 aliphatic heterocycles. The largest absolute Gasteiger partial charge is 0.365 e. The van der Waals surface area contributed by atoms with Gasteiger partial charge in [0.15, 0.2) is 0 Å². The van der Waals surface area contributed by atoms with Gasteiger partial charge in [0.05, 0.1) is 18.4 Å². The van der Waals surface area contributed by atoms with E-state index in [4.69, 9.17) is 4.74 Å². The van der Waals surface area contributed by atoms with Crippen molar-refractivity contribution >= 4 is 5.69 Å². The first kappa shape index (κ1) is 11.4. The van der Waals surface area contributed by atoms with Crippen LogP contribution in [0.3, 0.4) is 0 Å². The number of nitrogens with zero attached hydrogens (tertiary/aromatic N) is 3. The molecule has 1 unspecified atom stereocenters. The van der Waals surface area contributed by atoms with Gasteiger partial charge >= 0.3 is 0 Å². The molecule has 0 amide bonds. The van der Waals surface area contributed by atoms with Crippen molar-refractivity contribution < 1.29 is 4.74 Å². The molecule has 0 saturated carbocycles. The Bertz CT molecular complexity index is 317. The van der Waals surface area contributed by atoms with E-state index in [0.717, 1.165) is 26.2 Å². The van der Waals surface area contributed by atoms with E-state index >= 15 is 0 Å². The fourth-order valence-electron chi connectivity index (χ4n) is 2.15. The fraction of sp³-hybridized carbons (Fsp3) is 0.583. The van der Waals surface area contributed by atoms with E-state index in [1.165, 1.54) is 5.69 Å². The smallest absolute Gasteiger partial charge is 0.127 e. The van der Waals surface area contributed by atoms with E-state index in [0.29, 0.717) is 0 Å². The average Bonchev–Trinajstić information content (AvgIpc) is 2.39. The predicted molar refractivity (Wildman–Crippen MR) is 64.5 cm³/mol. The molecule has 1 saturated heterocycles. The molecule has 0 radical (unpaired) electrons. The lowest BCUT2D eigenvalue weighted by Gasteiger charge is -2.40. The number of ether oxygens (including phenoxy) is 1. The van der Waals surface area contributed by atoms with Crippen LogP contribution in [0, 0.1) is 0 Å². The van der Waals surface area contributed by atoms with Gasteiger partial charge < -0.3 is 9.64 Å². The van der Waals surface area contributed by atoms with Crippen LogP contribution in [0.5, 0.6) is 0 Å². The number of methoxy groups -OCH3 is 1. The maximum Gasteiger partial charge on any atom is 0.127 e. The lowest BCUT2D eigenvalue weighted by Crippen LogP contribution is -2.53.